The maximum Gasteiger partial charge on any atom is 0.119 e. The summed E-state index contributed by atoms with van der Waals surface area (Å²) in [6.07, 6.45) is 2.60. The van der Waals surface area contributed by atoms with E-state index < -0.39 is 0 Å². The van der Waals surface area contributed by atoms with Crippen molar-refractivity contribution in [3.8, 4) is 5.75 Å². The third-order valence-corrected chi connectivity index (χ3v) is 3.55. The summed E-state index contributed by atoms with van der Waals surface area (Å²) in [4.78, 5) is 2.53. The number of likely N-dealkylation sites (tertiary alicyclic amines) is 1. The van der Waals surface area contributed by atoms with Gasteiger partial charge in [-0.2, -0.15) is 0 Å². The van der Waals surface area contributed by atoms with Crippen LogP contribution < -0.4 is 10.1 Å². The van der Waals surface area contributed by atoms with Gasteiger partial charge in [-0.05, 0) is 51.1 Å². The molecule has 1 N–H and O–H groups in total. The first kappa shape index (κ1) is 16.3. The first-order chi connectivity index (χ1) is 8.81. The quantitative estimate of drug-likeness (QED) is 0.900. The van der Waals surface area contributed by atoms with Crippen LogP contribution in [0.15, 0.2) is 24.3 Å². The molecule has 0 bridgehead atoms. The molecule has 1 aliphatic heterocycles. The predicted octanol–water partition coefficient (Wildman–Crippen LogP) is 2.69. The van der Waals surface area contributed by atoms with Crippen molar-refractivity contribution < 1.29 is 4.74 Å². The lowest BCUT2D eigenvalue weighted by Gasteiger charge is -2.32. The van der Waals surface area contributed by atoms with Crippen LogP contribution in [0.3, 0.4) is 0 Å². The van der Waals surface area contributed by atoms with Gasteiger partial charge >= 0.3 is 0 Å². The second-order valence-electron chi connectivity index (χ2n) is 4.94. The van der Waals surface area contributed by atoms with Crippen LogP contribution in [0, 0.1) is 0 Å². The molecule has 1 aliphatic rings. The van der Waals surface area contributed by atoms with Gasteiger partial charge in [0.15, 0.2) is 0 Å². The van der Waals surface area contributed by atoms with Crippen molar-refractivity contribution in [2.45, 2.75) is 32.4 Å². The van der Waals surface area contributed by atoms with Gasteiger partial charge in [0.1, 0.15) is 5.75 Å². The third kappa shape index (κ3) is 5.01. The molecule has 0 aliphatic carbocycles. The molecule has 108 valence electrons. The Labute approximate surface area is 122 Å². The van der Waals surface area contributed by atoms with Crippen LogP contribution in [-0.4, -0.2) is 37.7 Å². The molecule has 1 unspecified atom stereocenters. The van der Waals surface area contributed by atoms with E-state index in [1.807, 2.05) is 6.92 Å². The van der Waals surface area contributed by atoms with Gasteiger partial charge in [-0.25, -0.2) is 0 Å². The van der Waals surface area contributed by atoms with Crippen molar-refractivity contribution in [3.05, 3.63) is 29.8 Å². The summed E-state index contributed by atoms with van der Waals surface area (Å²) in [5, 5.41) is 3.38. The molecule has 0 spiro atoms. The van der Waals surface area contributed by atoms with E-state index in [2.05, 4.69) is 41.5 Å². The average Bonchev–Trinajstić information content (AvgIpc) is 2.42. The van der Waals surface area contributed by atoms with Crippen LogP contribution in [0.5, 0.6) is 5.75 Å². The number of nitrogens with one attached hydrogen (secondary N) is 1. The molecular formula is C15H25ClN2O. The number of benzene rings is 1. The number of likely N-dealkylation sites (N-methyl/N-ethyl adjacent to an activating group) is 1. The van der Waals surface area contributed by atoms with Crippen molar-refractivity contribution in [2.24, 2.45) is 0 Å². The topological polar surface area (TPSA) is 24.5 Å². The predicted molar refractivity (Wildman–Crippen MR) is 82.2 cm³/mol. The highest BCUT2D eigenvalue weighted by molar-refractivity contribution is 5.85. The number of hydrogen-bond donors (Lipinski definition) is 1. The maximum atomic E-state index is 5.46. The van der Waals surface area contributed by atoms with Crippen molar-refractivity contribution in [1.29, 1.82) is 0 Å². The summed E-state index contributed by atoms with van der Waals surface area (Å²) < 4.78 is 5.46. The molecule has 0 saturated carbocycles. The first-order valence-electron chi connectivity index (χ1n) is 6.93. The van der Waals surface area contributed by atoms with Crippen molar-refractivity contribution in [2.75, 3.05) is 26.7 Å². The Hall–Kier alpha value is -0.770. The van der Waals surface area contributed by atoms with E-state index in [9.17, 15) is 0 Å². The lowest BCUT2D eigenvalue weighted by Crippen LogP contribution is -2.43. The standard InChI is InChI=1S/C15H24N2O.ClH/c1-3-18-15-8-6-13(7-9-15)11-17-10-4-5-14(12-17)16-2;/h6-9,14,16H,3-5,10-12H2,1-2H3;1H. The number of nitrogens with zero attached hydrogens (tertiary/aromatic N) is 1. The van der Waals surface area contributed by atoms with Gasteiger partial charge < -0.3 is 10.1 Å². The van der Waals surface area contributed by atoms with E-state index in [0.29, 0.717) is 6.04 Å². The van der Waals surface area contributed by atoms with Crippen molar-refractivity contribution in [3.63, 3.8) is 0 Å². The Bertz CT molecular complexity index is 356. The fourth-order valence-electron chi connectivity index (χ4n) is 2.55. The molecule has 0 radical (unpaired) electrons. The van der Waals surface area contributed by atoms with Gasteiger partial charge in [0, 0.05) is 19.1 Å². The molecule has 1 atom stereocenters. The van der Waals surface area contributed by atoms with E-state index >= 15 is 0 Å². The minimum absolute atomic E-state index is 0. The minimum Gasteiger partial charge on any atom is -0.494 e. The van der Waals surface area contributed by atoms with Crippen LogP contribution in [0.4, 0.5) is 0 Å². The highest BCUT2D eigenvalue weighted by Crippen LogP contribution is 2.16. The zero-order valence-corrected chi connectivity index (χ0v) is 12.7. The number of hydrogen-bond acceptors (Lipinski definition) is 3. The second kappa shape index (κ2) is 8.41. The molecule has 1 saturated heterocycles. The number of piperidine rings is 1. The first-order valence-corrected chi connectivity index (χ1v) is 6.93. The van der Waals surface area contributed by atoms with Crippen LogP contribution >= 0.6 is 12.4 Å². The molecule has 1 aromatic rings. The third-order valence-electron chi connectivity index (χ3n) is 3.55. The molecule has 4 heteroatoms. The molecule has 2 rings (SSSR count). The smallest absolute Gasteiger partial charge is 0.119 e. The fourth-order valence-corrected chi connectivity index (χ4v) is 2.55. The molecule has 1 heterocycles. The molecule has 3 nitrogen and oxygen atoms in total. The Morgan fingerprint density at radius 3 is 2.68 bits per heavy atom. The largest absolute Gasteiger partial charge is 0.494 e. The van der Waals surface area contributed by atoms with Gasteiger partial charge in [-0.15, -0.1) is 12.4 Å². The van der Waals surface area contributed by atoms with Gasteiger partial charge in [0.05, 0.1) is 6.61 Å². The van der Waals surface area contributed by atoms with Crippen LogP contribution in [0.25, 0.3) is 0 Å². The maximum absolute atomic E-state index is 5.46. The molecule has 1 fully saturated rings. The van der Waals surface area contributed by atoms with Gasteiger partial charge in [-0.1, -0.05) is 12.1 Å². The Balaban J connectivity index is 0.00000180. The lowest BCUT2D eigenvalue weighted by molar-refractivity contribution is 0.188. The molecule has 0 amide bonds. The second-order valence-corrected chi connectivity index (χ2v) is 4.94. The SMILES string of the molecule is CCOc1ccc(CN2CCCC(NC)C2)cc1.Cl. The monoisotopic (exact) mass is 284 g/mol. The summed E-state index contributed by atoms with van der Waals surface area (Å²) >= 11 is 0. The Morgan fingerprint density at radius 2 is 2.05 bits per heavy atom. The van der Waals surface area contributed by atoms with E-state index in [4.69, 9.17) is 4.74 Å². The lowest BCUT2D eigenvalue weighted by atomic mass is 10.1. The number of halogens is 1. The number of ether oxygens (including phenoxy) is 1. The summed E-state index contributed by atoms with van der Waals surface area (Å²) in [5.74, 6) is 0.966. The van der Waals surface area contributed by atoms with Gasteiger partial charge in [0.25, 0.3) is 0 Å². The summed E-state index contributed by atoms with van der Waals surface area (Å²) in [7, 11) is 2.06. The fraction of sp³-hybridized carbons (Fsp3) is 0.600. The summed E-state index contributed by atoms with van der Waals surface area (Å²) in [5.41, 5.74) is 1.37. The van der Waals surface area contributed by atoms with E-state index in [1.54, 1.807) is 0 Å². The van der Waals surface area contributed by atoms with E-state index in [0.717, 1.165) is 25.4 Å². The van der Waals surface area contributed by atoms with Crippen molar-refractivity contribution in [1.82, 2.24) is 10.2 Å². The van der Waals surface area contributed by atoms with Crippen molar-refractivity contribution >= 4 is 12.4 Å². The highest BCUT2D eigenvalue weighted by atomic mass is 35.5. The zero-order valence-electron chi connectivity index (χ0n) is 11.9. The average molecular weight is 285 g/mol. The summed E-state index contributed by atoms with van der Waals surface area (Å²) in [6.45, 7) is 6.16. The molecule has 1 aromatic carbocycles. The van der Waals surface area contributed by atoms with E-state index in [-0.39, 0.29) is 12.4 Å². The Kier molecular flexibility index (Phi) is 7.21. The van der Waals surface area contributed by atoms with Crippen LogP contribution in [-0.2, 0) is 6.54 Å². The summed E-state index contributed by atoms with van der Waals surface area (Å²) in [6, 6.07) is 9.14. The highest BCUT2D eigenvalue weighted by Gasteiger charge is 2.18. The molecular weight excluding hydrogens is 260 g/mol. The van der Waals surface area contributed by atoms with Crippen LogP contribution in [0.2, 0.25) is 0 Å². The zero-order chi connectivity index (χ0) is 12.8. The molecule has 19 heavy (non-hydrogen) atoms. The Morgan fingerprint density at radius 1 is 1.32 bits per heavy atom. The minimum atomic E-state index is 0. The van der Waals surface area contributed by atoms with E-state index in [1.165, 1.54) is 24.9 Å². The van der Waals surface area contributed by atoms with Gasteiger partial charge in [-0.3, -0.25) is 4.90 Å². The van der Waals surface area contributed by atoms with Gasteiger partial charge in [0.2, 0.25) is 0 Å². The number of rotatable bonds is 5. The molecule has 0 aromatic heterocycles. The van der Waals surface area contributed by atoms with Crippen LogP contribution in [0.1, 0.15) is 25.3 Å². The normalized spacial score (nSPS) is 19.8.